The number of aromatic nitrogens is 2. The first-order valence-electron chi connectivity index (χ1n) is 8.39. The van der Waals surface area contributed by atoms with E-state index in [9.17, 15) is 4.79 Å². The van der Waals surface area contributed by atoms with Crippen molar-refractivity contribution in [1.29, 1.82) is 0 Å². The molecule has 25 heavy (non-hydrogen) atoms. The zero-order valence-electron chi connectivity index (χ0n) is 14.5. The number of para-hydroxylation sites is 1. The SMILES string of the molecule is CCSc1nc2sc3c(c2c(=O)n1-c1ccccc1)CC(C)(C)SC3. The summed E-state index contributed by atoms with van der Waals surface area (Å²) in [6.45, 7) is 6.61. The molecular formula is C19H20N2OS3. The zero-order chi connectivity index (χ0) is 17.6. The number of nitrogens with zero attached hydrogens (tertiary/aromatic N) is 2. The quantitative estimate of drug-likeness (QED) is 0.460. The van der Waals surface area contributed by atoms with Crippen LogP contribution < -0.4 is 5.56 Å². The topological polar surface area (TPSA) is 34.9 Å². The molecule has 3 nitrogen and oxygen atoms in total. The van der Waals surface area contributed by atoms with Crippen LogP contribution in [-0.2, 0) is 12.2 Å². The summed E-state index contributed by atoms with van der Waals surface area (Å²) in [6, 6.07) is 9.87. The maximum Gasteiger partial charge on any atom is 0.267 e. The van der Waals surface area contributed by atoms with E-state index in [2.05, 4.69) is 20.8 Å². The van der Waals surface area contributed by atoms with Gasteiger partial charge in [-0.15, -0.1) is 23.1 Å². The number of hydrogen-bond acceptors (Lipinski definition) is 5. The van der Waals surface area contributed by atoms with E-state index in [4.69, 9.17) is 4.98 Å². The van der Waals surface area contributed by atoms with Crippen LogP contribution in [0.2, 0.25) is 0 Å². The summed E-state index contributed by atoms with van der Waals surface area (Å²) >= 11 is 5.29. The summed E-state index contributed by atoms with van der Waals surface area (Å²) in [6.07, 6.45) is 0.930. The van der Waals surface area contributed by atoms with Crippen molar-refractivity contribution in [3.63, 3.8) is 0 Å². The summed E-state index contributed by atoms with van der Waals surface area (Å²) in [5.74, 6) is 1.86. The lowest BCUT2D eigenvalue weighted by Gasteiger charge is -2.28. The molecule has 0 spiro atoms. The number of rotatable bonds is 3. The third kappa shape index (κ3) is 3.04. The van der Waals surface area contributed by atoms with Crippen molar-refractivity contribution in [3.05, 3.63) is 51.1 Å². The van der Waals surface area contributed by atoms with Crippen LogP contribution in [0.1, 0.15) is 31.2 Å². The van der Waals surface area contributed by atoms with Gasteiger partial charge in [-0.1, -0.05) is 50.7 Å². The molecule has 0 saturated heterocycles. The highest BCUT2D eigenvalue weighted by atomic mass is 32.2. The number of fused-ring (bicyclic) bond motifs is 3. The molecule has 0 unspecified atom stereocenters. The molecule has 130 valence electrons. The summed E-state index contributed by atoms with van der Waals surface area (Å²) < 4.78 is 1.96. The van der Waals surface area contributed by atoms with E-state index in [0.29, 0.717) is 0 Å². The molecule has 1 aromatic carbocycles. The fourth-order valence-electron chi connectivity index (χ4n) is 3.20. The molecule has 0 amide bonds. The highest BCUT2D eigenvalue weighted by Gasteiger charge is 2.31. The lowest BCUT2D eigenvalue weighted by atomic mass is 10.00. The third-order valence-corrected chi connectivity index (χ3v) is 7.85. The number of thiophene rings is 1. The van der Waals surface area contributed by atoms with E-state index in [1.54, 1.807) is 27.7 Å². The summed E-state index contributed by atoms with van der Waals surface area (Å²) in [5.41, 5.74) is 2.19. The zero-order valence-corrected chi connectivity index (χ0v) is 17.0. The molecule has 1 aliphatic rings. The molecule has 4 rings (SSSR count). The predicted octanol–water partition coefficient (Wildman–Crippen LogP) is 5.13. The minimum Gasteiger partial charge on any atom is -0.268 e. The second-order valence-electron chi connectivity index (χ2n) is 6.71. The Morgan fingerprint density at radius 3 is 2.76 bits per heavy atom. The maximum atomic E-state index is 13.5. The van der Waals surface area contributed by atoms with E-state index in [1.165, 1.54) is 10.4 Å². The molecular weight excluding hydrogens is 368 g/mol. The van der Waals surface area contributed by atoms with Gasteiger partial charge < -0.3 is 0 Å². The molecule has 0 atom stereocenters. The average Bonchev–Trinajstić information content (AvgIpc) is 2.92. The van der Waals surface area contributed by atoms with E-state index in [1.807, 2.05) is 42.1 Å². The Morgan fingerprint density at radius 1 is 1.28 bits per heavy atom. The first-order chi connectivity index (χ1) is 12.0. The Bertz CT molecular complexity index is 989. The first-order valence-corrected chi connectivity index (χ1v) is 11.2. The van der Waals surface area contributed by atoms with Crippen molar-refractivity contribution in [2.45, 2.75) is 42.8 Å². The molecule has 3 heterocycles. The maximum absolute atomic E-state index is 13.5. The van der Waals surface area contributed by atoms with Crippen molar-refractivity contribution < 1.29 is 0 Å². The van der Waals surface area contributed by atoms with Gasteiger partial charge in [-0.25, -0.2) is 4.98 Å². The molecule has 0 saturated carbocycles. The van der Waals surface area contributed by atoms with Gasteiger partial charge >= 0.3 is 0 Å². The Labute approximate surface area is 159 Å². The number of hydrogen-bond donors (Lipinski definition) is 0. The van der Waals surface area contributed by atoms with Crippen LogP contribution in [-0.4, -0.2) is 20.1 Å². The van der Waals surface area contributed by atoms with Crippen LogP contribution in [0.5, 0.6) is 0 Å². The number of benzene rings is 1. The highest BCUT2D eigenvalue weighted by molar-refractivity contribution is 8.00. The van der Waals surface area contributed by atoms with Crippen LogP contribution in [0.15, 0.2) is 40.3 Å². The van der Waals surface area contributed by atoms with Gasteiger partial charge in [0.1, 0.15) is 4.83 Å². The van der Waals surface area contributed by atoms with E-state index < -0.39 is 0 Å². The first kappa shape index (κ1) is 17.2. The van der Waals surface area contributed by atoms with Gasteiger partial charge in [-0.05, 0) is 29.9 Å². The van der Waals surface area contributed by atoms with E-state index >= 15 is 0 Å². The van der Waals surface area contributed by atoms with Gasteiger partial charge in [0.15, 0.2) is 5.16 Å². The summed E-state index contributed by atoms with van der Waals surface area (Å²) in [7, 11) is 0. The summed E-state index contributed by atoms with van der Waals surface area (Å²) in [4.78, 5) is 20.6. The fraction of sp³-hybridized carbons (Fsp3) is 0.368. The lowest BCUT2D eigenvalue weighted by Crippen LogP contribution is -2.26. The molecule has 0 aliphatic carbocycles. The Morgan fingerprint density at radius 2 is 2.04 bits per heavy atom. The molecule has 1 aliphatic heterocycles. The minimum absolute atomic E-state index is 0.0763. The van der Waals surface area contributed by atoms with Crippen molar-refractivity contribution in [2.75, 3.05) is 5.75 Å². The van der Waals surface area contributed by atoms with Crippen molar-refractivity contribution >= 4 is 45.1 Å². The fourth-order valence-corrected chi connectivity index (χ4v) is 6.32. The standard InChI is InChI=1S/C19H20N2OS3/c1-4-23-18-20-16-15(13-10-19(2,3)24-11-14(13)25-16)17(22)21(18)12-8-6-5-7-9-12/h5-9H,4,10-11H2,1-3H3. The van der Waals surface area contributed by atoms with E-state index in [-0.39, 0.29) is 10.3 Å². The molecule has 3 aromatic rings. The van der Waals surface area contributed by atoms with Gasteiger partial charge in [0.2, 0.25) is 0 Å². The summed E-state index contributed by atoms with van der Waals surface area (Å²) in [5, 5.41) is 1.62. The molecule has 0 N–H and O–H groups in total. The molecule has 0 radical (unpaired) electrons. The molecule has 2 aromatic heterocycles. The highest BCUT2D eigenvalue weighted by Crippen LogP contribution is 2.44. The second kappa shape index (κ2) is 6.49. The van der Waals surface area contributed by atoms with Crippen LogP contribution in [0, 0.1) is 0 Å². The monoisotopic (exact) mass is 388 g/mol. The van der Waals surface area contributed by atoms with Crippen molar-refractivity contribution in [1.82, 2.24) is 9.55 Å². The predicted molar refractivity (Wildman–Crippen MR) is 111 cm³/mol. The van der Waals surface area contributed by atoms with Gasteiger partial charge in [-0.3, -0.25) is 9.36 Å². The van der Waals surface area contributed by atoms with Gasteiger partial charge in [-0.2, -0.15) is 0 Å². The molecule has 6 heteroatoms. The average molecular weight is 389 g/mol. The van der Waals surface area contributed by atoms with Crippen LogP contribution in [0.4, 0.5) is 0 Å². The lowest BCUT2D eigenvalue weighted by molar-refractivity contribution is 0.698. The normalized spacial score (nSPS) is 16.1. The smallest absolute Gasteiger partial charge is 0.267 e. The molecule has 0 bridgehead atoms. The van der Waals surface area contributed by atoms with Gasteiger partial charge in [0, 0.05) is 15.4 Å². The van der Waals surface area contributed by atoms with Crippen LogP contribution >= 0.6 is 34.9 Å². The molecule has 0 fully saturated rings. The van der Waals surface area contributed by atoms with E-state index in [0.717, 1.165) is 39.0 Å². The largest absolute Gasteiger partial charge is 0.268 e. The minimum atomic E-state index is 0.0763. The third-order valence-electron chi connectivity index (χ3n) is 4.36. The van der Waals surface area contributed by atoms with Gasteiger partial charge in [0.25, 0.3) is 5.56 Å². The van der Waals surface area contributed by atoms with Gasteiger partial charge in [0.05, 0.1) is 11.1 Å². The van der Waals surface area contributed by atoms with Crippen molar-refractivity contribution in [3.8, 4) is 5.69 Å². The Kier molecular flexibility index (Phi) is 4.46. The Hall–Kier alpha value is -1.24. The van der Waals surface area contributed by atoms with Crippen molar-refractivity contribution in [2.24, 2.45) is 0 Å². The second-order valence-corrected chi connectivity index (χ2v) is 10.7. The van der Waals surface area contributed by atoms with Crippen LogP contribution in [0.3, 0.4) is 0 Å². The Balaban J connectivity index is 2.02. The number of thioether (sulfide) groups is 2. The van der Waals surface area contributed by atoms with Crippen LogP contribution in [0.25, 0.3) is 15.9 Å².